The SMILES string of the molecule is COCCn1cc(NC(=O)C(F)(F)C(F)(F)F)ccc1=O. The Bertz CT molecular complexity index is 568. The Labute approximate surface area is 115 Å². The maximum atomic E-state index is 12.8. The molecule has 0 unspecified atom stereocenters. The molecule has 0 aliphatic carbocycles. The fourth-order valence-electron chi connectivity index (χ4n) is 1.31. The Morgan fingerprint density at radius 3 is 2.43 bits per heavy atom. The summed E-state index contributed by atoms with van der Waals surface area (Å²) in [6.07, 6.45) is -5.05. The molecule has 21 heavy (non-hydrogen) atoms. The summed E-state index contributed by atoms with van der Waals surface area (Å²) >= 11 is 0. The highest BCUT2D eigenvalue weighted by molar-refractivity contribution is 5.96. The molecule has 1 aromatic rings. The van der Waals surface area contributed by atoms with Crippen molar-refractivity contribution in [3.05, 3.63) is 28.7 Å². The highest BCUT2D eigenvalue weighted by Crippen LogP contribution is 2.36. The second kappa shape index (κ2) is 6.20. The fraction of sp³-hybridized carbons (Fsp3) is 0.455. The first-order valence-electron chi connectivity index (χ1n) is 5.55. The molecule has 5 nitrogen and oxygen atoms in total. The third-order valence-electron chi connectivity index (χ3n) is 2.42. The van der Waals surface area contributed by atoms with Crippen molar-refractivity contribution in [2.45, 2.75) is 18.6 Å². The molecular weight excluding hydrogens is 303 g/mol. The Kier molecular flexibility index (Phi) is 5.05. The Morgan fingerprint density at radius 2 is 1.90 bits per heavy atom. The van der Waals surface area contributed by atoms with Crippen molar-refractivity contribution in [2.24, 2.45) is 0 Å². The number of carbonyl (C=O) groups is 1. The third kappa shape index (κ3) is 4.00. The van der Waals surface area contributed by atoms with Crippen LogP contribution in [0.1, 0.15) is 0 Å². The smallest absolute Gasteiger partial charge is 0.383 e. The number of carbonyl (C=O) groups excluding carboxylic acids is 1. The summed E-state index contributed by atoms with van der Waals surface area (Å²) in [4.78, 5) is 22.4. The maximum absolute atomic E-state index is 12.8. The monoisotopic (exact) mass is 314 g/mol. The van der Waals surface area contributed by atoms with Gasteiger partial charge in [0, 0.05) is 25.9 Å². The molecule has 0 bridgehead atoms. The van der Waals surface area contributed by atoms with Crippen molar-refractivity contribution < 1.29 is 31.5 Å². The Balaban J connectivity index is 2.94. The van der Waals surface area contributed by atoms with Crippen molar-refractivity contribution in [3.63, 3.8) is 0 Å². The van der Waals surface area contributed by atoms with Gasteiger partial charge in [-0.1, -0.05) is 0 Å². The van der Waals surface area contributed by atoms with Crippen LogP contribution in [-0.2, 0) is 16.1 Å². The number of nitrogens with zero attached hydrogens (tertiary/aromatic N) is 1. The van der Waals surface area contributed by atoms with E-state index in [0.717, 1.165) is 22.9 Å². The number of aromatic nitrogens is 1. The molecule has 0 fully saturated rings. The zero-order valence-electron chi connectivity index (χ0n) is 10.7. The molecule has 0 radical (unpaired) electrons. The van der Waals surface area contributed by atoms with E-state index in [2.05, 4.69) is 0 Å². The largest absolute Gasteiger partial charge is 0.463 e. The molecule has 0 saturated heterocycles. The van der Waals surface area contributed by atoms with Crippen LogP contribution in [0.25, 0.3) is 0 Å². The lowest BCUT2D eigenvalue weighted by Crippen LogP contribution is -2.47. The maximum Gasteiger partial charge on any atom is 0.463 e. The lowest BCUT2D eigenvalue weighted by Gasteiger charge is -2.18. The average molecular weight is 314 g/mol. The summed E-state index contributed by atoms with van der Waals surface area (Å²) in [5.41, 5.74) is -0.882. The molecule has 0 atom stereocenters. The molecule has 0 aromatic carbocycles. The molecule has 0 saturated carbocycles. The zero-order chi connectivity index (χ0) is 16.3. The van der Waals surface area contributed by atoms with Crippen molar-refractivity contribution in [3.8, 4) is 0 Å². The van der Waals surface area contributed by atoms with Gasteiger partial charge in [0.05, 0.1) is 12.3 Å². The molecule has 1 heterocycles. The van der Waals surface area contributed by atoms with Crippen LogP contribution in [0.2, 0.25) is 0 Å². The van der Waals surface area contributed by atoms with Crippen LogP contribution in [0.3, 0.4) is 0 Å². The molecule has 0 aliphatic heterocycles. The van der Waals surface area contributed by atoms with Gasteiger partial charge >= 0.3 is 18.0 Å². The van der Waals surface area contributed by atoms with E-state index in [1.54, 1.807) is 0 Å². The lowest BCUT2D eigenvalue weighted by atomic mass is 10.3. The van der Waals surface area contributed by atoms with Crippen LogP contribution >= 0.6 is 0 Å². The van der Waals surface area contributed by atoms with Gasteiger partial charge < -0.3 is 14.6 Å². The number of halogens is 5. The van der Waals surface area contributed by atoms with E-state index in [-0.39, 0.29) is 18.8 Å². The van der Waals surface area contributed by atoms with Crippen molar-refractivity contribution >= 4 is 11.6 Å². The fourth-order valence-corrected chi connectivity index (χ4v) is 1.31. The van der Waals surface area contributed by atoms with Gasteiger partial charge in [-0.05, 0) is 6.07 Å². The second-order valence-corrected chi connectivity index (χ2v) is 3.97. The topological polar surface area (TPSA) is 60.3 Å². The van der Waals surface area contributed by atoms with Crippen LogP contribution in [0.4, 0.5) is 27.6 Å². The Hall–Kier alpha value is -1.97. The number of rotatable bonds is 5. The number of anilines is 1. The number of methoxy groups -OCH3 is 1. The van der Waals surface area contributed by atoms with Gasteiger partial charge in [0.15, 0.2) is 0 Å². The minimum atomic E-state index is -6.00. The minimum absolute atomic E-state index is 0.0503. The van der Waals surface area contributed by atoms with E-state index < -0.39 is 23.6 Å². The van der Waals surface area contributed by atoms with Crippen molar-refractivity contribution in [1.82, 2.24) is 4.57 Å². The summed E-state index contributed by atoms with van der Waals surface area (Å²) in [5.74, 6) is -8.05. The normalized spacial score (nSPS) is 12.3. The van der Waals surface area contributed by atoms with Crippen molar-refractivity contribution in [2.75, 3.05) is 19.0 Å². The lowest BCUT2D eigenvalue weighted by molar-refractivity contribution is -0.267. The van der Waals surface area contributed by atoms with Gasteiger partial charge in [0.2, 0.25) is 0 Å². The van der Waals surface area contributed by atoms with Gasteiger partial charge in [-0.3, -0.25) is 9.59 Å². The van der Waals surface area contributed by atoms with Crippen molar-refractivity contribution in [1.29, 1.82) is 0 Å². The van der Waals surface area contributed by atoms with Gasteiger partial charge in [0.25, 0.3) is 5.56 Å². The third-order valence-corrected chi connectivity index (χ3v) is 2.42. The summed E-state index contributed by atoms with van der Waals surface area (Å²) in [6.45, 7) is 0.171. The number of amides is 1. The molecule has 118 valence electrons. The minimum Gasteiger partial charge on any atom is -0.383 e. The van der Waals surface area contributed by atoms with Gasteiger partial charge in [-0.15, -0.1) is 0 Å². The standard InChI is InChI=1S/C11H11F5N2O3/c1-21-5-4-18-6-7(2-3-8(18)19)17-9(20)10(12,13)11(14,15)16/h2-3,6H,4-5H2,1H3,(H,17,20). The van der Waals surface area contributed by atoms with Crippen LogP contribution in [0, 0.1) is 0 Å². The predicted molar refractivity (Wildman–Crippen MR) is 62.2 cm³/mol. The molecule has 0 spiro atoms. The number of hydrogen-bond acceptors (Lipinski definition) is 3. The first-order chi connectivity index (χ1) is 9.59. The van der Waals surface area contributed by atoms with E-state index >= 15 is 0 Å². The van der Waals surface area contributed by atoms with Gasteiger partial charge in [-0.2, -0.15) is 22.0 Å². The first kappa shape index (κ1) is 17.1. The molecule has 1 amide bonds. The van der Waals surface area contributed by atoms with Crippen LogP contribution in [-0.4, -0.2) is 36.3 Å². The molecule has 0 aliphatic rings. The van der Waals surface area contributed by atoms with E-state index in [1.807, 2.05) is 0 Å². The van der Waals surface area contributed by atoms with E-state index in [0.29, 0.717) is 0 Å². The number of pyridine rings is 1. The highest BCUT2D eigenvalue weighted by Gasteiger charge is 2.63. The summed E-state index contributed by atoms with van der Waals surface area (Å²) in [7, 11) is 1.36. The summed E-state index contributed by atoms with van der Waals surface area (Å²) < 4.78 is 67.3. The van der Waals surface area contributed by atoms with E-state index in [9.17, 15) is 31.5 Å². The molecule has 1 N–H and O–H groups in total. The van der Waals surface area contributed by atoms with Gasteiger partial charge in [0.1, 0.15) is 0 Å². The molecule has 1 aromatic heterocycles. The van der Waals surface area contributed by atoms with E-state index in [4.69, 9.17) is 4.74 Å². The van der Waals surface area contributed by atoms with Crippen LogP contribution in [0.15, 0.2) is 23.1 Å². The number of nitrogens with one attached hydrogen (secondary N) is 1. The van der Waals surface area contributed by atoms with Crippen LogP contribution in [0.5, 0.6) is 0 Å². The summed E-state index contributed by atoms with van der Waals surface area (Å²) in [6, 6.07) is 1.85. The highest BCUT2D eigenvalue weighted by atomic mass is 19.4. The number of hydrogen-bond donors (Lipinski definition) is 1. The second-order valence-electron chi connectivity index (χ2n) is 3.97. The Morgan fingerprint density at radius 1 is 1.29 bits per heavy atom. The summed E-state index contributed by atoms with van der Waals surface area (Å²) in [5, 5.41) is 1.42. The molecule has 10 heteroatoms. The zero-order valence-corrected chi connectivity index (χ0v) is 10.7. The van der Waals surface area contributed by atoms with E-state index in [1.165, 1.54) is 12.4 Å². The quantitative estimate of drug-likeness (QED) is 0.840. The van der Waals surface area contributed by atoms with Crippen LogP contribution < -0.4 is 10.9 Å². The predicted octanol–water partition coefficient (Wildman–Crippen LogP) is 1.63. The average Bonchev–Trinajstić information content (AvgIpc) is 2.37. The first-order valence-corrected chi connectivity index (χ1v) is 5.55. The molecular formula is C11H11F5N2O3. The molecule has 1 rings (SSSR count). The van der Waals surface area contributed by atoms with Gasteiger partial charge in [-0.25, -0.2) is 0 Å². The number of ether oxygens (including phenoxy) is 1. The number of alkyl halides is 5.